The molecule has 0 aliphatic carbocycles. The molecule has 0 bridgehead atoms. The largest absolute Gasteiger partial charge is 0.300 e. The van der Waals surface area contributed by atoms with E-state index in [0.717, 1.165) is 18.0 Å². The molecule has 3 aliphatic rings. The van der Waals surface area contributed by atoms with Crippen LogP contribution in [0, 0.1) is 11.3 Å². The van der Waals surface area contributed by atoms with Crippen LogP contribution in [0.15, 0.2) is 0 Å². The molecular weight excluding hydrogens is 294 g/mol. The smallest absolute Gasteiger partial charge is 0.0350 e. The first kappa shape index (κ1) is 18.7. The van der Waals surface area contributed by atoms with Gasteiger partial charge in [0.25, 0.3) is 0 Å². The van der Waals surface area contributed by atoms with Crippen molar-refractivity contribution in [3.05, 3.63) is 0 Å². The predicted molar refractivity (Wildman–Crippen MR) is 103 cm³/mol. The summed E-state index contributed by atoms with van der Waals surface area (Å²) in [7, 11) is 0. The molecule has 3 rings (SSSR count). The standard InChI is InChI=1S/C21H41N3/c1-20(2,3)17-8-7-11-23(14-17)18-9-12-22(13-10-18)19-15-24(16-19)21(4,5)6/h17-19H,7-16H2,1-6H3. The minimum absolute atomic E-state index is 0.352. The molecule has 3 saturated heterocycles. The Morgan fingerprint density at radius 2 is 1.29 bits per heavy atom. The molecule has 0 aromatic carbocycles. The molecule has 3 aliphatic heterocycles. The second-order valence-corrected chi connectivity index (χ2v) is 10.7. The molecule has 0 aromatic heterocycles. The van der Waals surface area contributed by atoms with E-state index in [-0.39, 0.29) is 0 Å². The van der Waals surface area contributed by atoms with Crippen molar-refractivity contribution >= 4 is 0 Å². The lowest BCUT2D eigenvalue weighted by molar-refractivity contribution is -0.0414. The van der Waals surface area contributed by atoms with Crippen LogP contribution in [-0.2, 0) is 0 Å². The summed E-state index contributed by atoms with van der Waals surface area (Å²) in [6.45, 7) is 22.2. The molecular formula is C21H41N3. The molecule has 0 radical (unpaired) electrons. The molecule has 3 nitrogen and oxygen atoms in total. The van der Waals surface area contributed by atoms with E-state index < -0.39 is 0 Å². The van der Waals surface area contributed by atoms with Crippen LogP contribution in [0.5, 0.6) is 0 Å². The average molecular weight is 336 g/mol. The molecule has 24 heavy (non-hydrogen) atoms. The summed E-state index contributed by atoms with van der Waals surface area (Å²) in [4.78, 5) is 8.26. The minimum Gasteiger partial charge on any atom is -0.300 e. The van der Waals surface area contributed by atoms with E-state index in [9.17, 15) is 0 Å². The number of likely N-dealkylation sites (tertiary alicyclic amines) is 3. The molecule has 0 spiro atoms. The van der Waals surface area contributed by atoms with Gasteiger partial charge >= 0.3 is 0 Å². The Morgan fingerprint density at radius 3 is 1.83 bits per heavy atom. The molecule has 3 heterocycles. The second-order valence-electron chi connectivity index (χ2n) is 10.7. The van der Waals surface area contributed by atoms with Gasteiger partial charge in [-0.2, -0.15) is 0 Å². The van der Waals surface area contributed by atoms with Crippen LogP contribution >= 0.6 is 0 Å². The molecule has 0 saturated carbocycles. The van der Waals surface area contributed by atoms with Crippen LogP contribution in [0.1, 0.15) is 67.2 Å². The van der Waals surface area contributed by atoms with Gasteiger partial charge in [-0.3, -0.25) is 14.7 Å². The molecule has 140 valence electrons. The maximum Gasteiger partial charge on any atom is 0.0350 e. The van der Waals surface area contributed by atoms with Gasteiger partial charge in [0, 0.05) is 50.3 Å². The Morgan fingerprint density at radius 1 is 0.667 bits per heavy atom. The van der Waals surface area contributed by atoms with Gasteiger partial charge in [0.2, 0.25) is 0 Å². The van der Waals surface area contributed by atoms with Gasteiger partial charge in [0.15, 0.2) is 0 Å². The van der Waals surface area contributed by atoms with E-state index in [4.69, 9.17) is 0 Å². The summed E-state index contributed by atoms with van der Waals surface area (Å²) in [5.74, 6) is 0.885. The third kappa shape index (κ3) is 4.16. The lowest BCUT2D eigenvalue weighted by Gasteiger charge is -2.53. The van der Waals surface area contributed by atoms with E-state index in [0.29, 0.717) is 11.0 Å². The Bertz CT molecular complexity index is 406. The molecule has 3 fully saturated rings. The zero-order valence-corrected chi connectivity index (χ0v) is 17.1. The van der Waals surface area contributed by atoms with Crippen molar-refractivity contribution in [1.29, 1.82) is 0 Å². The van der Waals surface area contributed by atoms with E-state index in [2.05, 4.69) is 56.2 Å². The van der Waals surface area contributed by atoms with E-state index in [1.165, 1.54) is 65.0 Å². The molecule has 3 heteroatoms. The highest BCUT2D eigenvalue weighted by Crippen LogP contribution is 2.35. The fourth-order valence-corrected chi connectivity index (χ4v) is 4.90. The lowest BCUT2D eigenvalue weighted by atomic mass is 9.75. The van der Waals surface area contributed by atoms with Crippen LogP contribution in [0.3, 0.4) is 0 Å². The number of hydrogen-bond acceptors (Lipinski definition) is 3. The highest BCUT2D eigenvalue weighted by Gasteiger charge is 2.40. The van der Waals surface area contributed by atoms with Gasteiger partial charge in [0.1, 0.15) is 0 Å². The van der Waals surface area contributed by atoms with Crippen LogP contribution in [0.4, 0.5) is 0 Å². The third-order valence-corrected chi connectivity index (χ3v) is 7.02. The number of rotatable bonds is 2. The van der Waals surface area contributed by atoms with Crippen LogP contribution < -0.4 is 0 Å². The van der Waals surface area contributed by atoms with Crippen molar-refractivity contribution in [3.63, 3.8) is 0 Å². The number of piperidine rings is 2. The summed E-state index contributed by atoms with van der Waals surface area (Å²) in [5.41, 5.74) is 0.826. The Kier molecular flexibility index (Phi) is 5.36. The second kappa shape index (κ2) is 6.89. The van der Waals surface area contributed by atoms with Crippen LogP contribution in [-0.4, -0.2) is 71.6 Å². The van der Waals surface area contributed by atoms with E-state index in [1.807, 2.05) is 0 Å². The van der Waals surface area contributed by atoms with Crippen molar-refractivity contribution in [2.75, 3.05) is 39.3 Å². The van der Waals surface area contributed by atoms with Gasteiger partial charge in [-0.25, -0.2) is 0 Å². The van der Waals surface area contributed by atoms with Crippen molar-refractivity contribution in [1.82, 2.24) is 14.7 Å². The topological polar surface area (TPSA) is 9.72 Å². The number of hydrogen-bond donors (Lipinski definition) is 0. The normalized spacial score (nSPS) is 30.5. The zero-order valence-electron chi connectivity index (χ0n) is 17.1. The van der Waals surface area contributed by atoms with Gasteiger partial charge < -0.3 is 0 Å². The average Bonchev–Trinajstić information content (AvgIpc) is 2.44. The van der Waals surface area contributed by atoms with E-state index >= 15 is 0 Å². The van der Waals surface area contributed by atoms with Crippen molar-refractivity contribution in [2.45, 2.75) is 84.8 Å². The first-order valence-electron chi connectivity index (χ1n) is 10.4. The van der Waals surface area contributed by atoms with Crippen LogP contribution in [0.2, 0.25) is 0 Å². The summed E-state index contributed by atoms with van der Waals surface area (Å²) in [6, 6.07) is 1.68. The molecule has 1 atom stereocenters. The summed E-state index contributed by atoms with van der Waals surface area (Å²) in [5, 5.41) is 0. The first-order valence-corrected chi connectivity index (χ1v) is 10.4. The zero-order chi connectivity index (χ0) is 17.5. The van der Waals surface area contributed by atoms with Gasteiger partial charge in [0.05, 0.1) is 0 Å². The molecule has 0 N–H and O–H groups in total. The van der Waals surface area contributed by atoms with Crippen LogP contribution in [0.25, 0.3) is 0 Å². The van der Waals surface area contributed by atoms with Gasteiger partial charge in [-0.05, 0) is 64.3 Å². The minimum atomic E-state index is 0.352. The quantitative estimate of drug-likeness (QED) is 0.762. The Hall–Kier alpha value is -0.120. The molecule has 1 unspecified atom stereocenters. The van der Waals surface area contributed by atoms with Crippen molar-refractivity contribution < 1.29 is 0 Å². The molecule has 0 aromatic rings. The molecule has 0 amide bonds. The Balaban J connectivity index is 1.44. The fraction of sp³-hybridized carbons (Fsp3) is 1.00. The SMILES string of the molecule is CC(C)(C)C1CCCN(C2CCN(C3CN(C(C)(C)C)C3)CC2)C1. The lowest BCUT2D eigenvalue weighted by Crippen LogP contribution is -2.66. The highest BCUT2D eigenvalue weighted by molar-refractivity contribution is 4.96. The predicted octanol–water partition coefficient (Wildman–Crippen LogP) is 3.69. The van der Waals surface area contributed by atoms with E-state index in [1.54, 1.807) is 0 Å². The maximum atomic E-state index is 2.85. The summed E-state index contributed by atoms with van der Waals surface area (Å²) in [6.07, 6.45) is 5.63. The van der Waals surface area contributed by atoms with Crippen molar-refractivity contribution in [3.8, 4) is 0 Å². The fourth-order valence-electron chi connectivity index (χ4n) is 4.90. The summed E-state index contributed by atoms with van der Waals surface area (Å²) < 4.78 is 0. The number of nitrogens with zero attached hydrogens (tertiary/aromatic N) is 3. The van der Waals surface area contributed by atoms with Crippen molar-refractivity contribution in [2.24, 2.45) is 11.3 Å². The first-order chi connectivity index (χ1) is 11.1. The monoisotopic (exact) mass is 335 g/mol. The third-order valence-electron chi connectivity index (χ3n) is 7.02. The van der Waals surface area contributed by atoms with Gasteiger partial charge in [-0.15, -0.1) is 0 Å². The maximum absolute atomic E-state index is 2.85. The van der Waals surface area contributed by atoms with Gasteiger partial charge in [-0.1, -0.05) is 20.8 Å². The summed E-state index contributed by atoms with van der Waals surface area (Å²) >= 11 is 0. The Labute approximate surface area is 150 Å². The highest BCUT2D eigenvalue weighted by atomic mass is 15.3.